The van der Waals surface area contributed by atoms with Crippen LogP contribution in [0.15, 0.2) is 90.0 Å². The van der Waals surface area contributed by atoms with Crippen molar-refractivity contribution in [3.8, 4) is 5.75 Å². The zero-order valence-corrected chi connectivity index (χ0v) is 17.2. The predicted molar refractivity (Wildman–Crippen MR) is 119 cm³/mol. The number of carbonyl (C=O) groups is 2. The second-order valence-corrected chi connectivity index (χ2v) is 7.26. The van der Waals surface area contributed by atoms with Crippen molar-refractivity contribution in [3.05, 3.63) is 102 Å². The molecule has 1 aliphatic heterocycles. The first-order valence-corrected chi connectivity index (χ1v) is 10.2. The van der Waals surface area contributed by atoms with Gasteiger partial charge in [-0.05, 0) is 47.4 Å². The fraction of sp³-hybridized carbons (Fsp3) is 0.160. The van der Waals surface area contributed by atoms with Crippen LogP contribution in [0.4, 0.5) is 4.79 Å². The summed E-state index contributed by atoms with van der Waals surface area (Å²) in [5.74, 6) is 0.343. The van der Waals surface area contributed by atoms with E-state index in [-0.39, 0.29) is 5.91 Å². The molecule has 1 fully saturated rings. The Balaban J connectivity index is 1.44. The quantitative estimate of drug-likeness (QED) is 0.459. The van der Waals surface area contributed by atoms with E-state index in [4.69, 9.17) is 4.74 Å². The van der Waals surface area contributed by atoms with Crippen LogP contribution in [-0.2, 0) is 16.9 Å². The molecule has 4 rings (SSSR count). The lowest BCUT2D eigenvalue weighted by molar-refractivity contribution is -0.131. The van der Waals surface area contributed by atoms with Gasteiger partial charge >= 0.3 is 6.03 Å². The summed E-state index contributed by atoms with van der Waals surface area (Å²) in [6.07, 6.45) is 1.93. The molecular weight excluding hydrogens is 390 g/mol. The molecule has 1 N–H and O–H groups in total. The van der Waals surface area contributed by atoms with Crippen molar-refractivity contribution in [1.82, 2.24) is 10.3 Å². The predicted octanol–water partition coefficient (Wildman–Crippen LogP) is 4.46. The van der Waals surface area contributed by atoms with E-state index in [1.165, 1.54) is 6.21 Å². The van der Waals surface area contributed by atoms with Crippen molar-refractivity contribution in [2.24, 2.45) is 5.10 Å². The van der Waals surface area contributed by atoms with Gasteiger partial charge in [-0.25, -0.2) is 4.79 Å². The number of rotatable bonds is 7. The van der Waals surface area contributed by atoms with E-state index in [2.05, 4.69) is 10.4 Å². The van der Waals surface area contributed by atoms with E-state index in [0.29, 0.717) is 13.0 Å². The van der Waals surface area contributed by atoms with E-state index in [0.717, 1.165) is 27.4 Å². The Bertz CT molecular complexity index is 1080. The Hall–Kier alpha value is -3.93. The van der Waals surface area contributed by atoms with Crippen molar-refractivity contribution in [2.45, 2.75) is 25.5 Å². The summed E-state index contributed by atoms with van der Waals surface area (Å²) in [5.41, 5.74) is 1.49. The minimum absolute atomic E-state index is 0.384. The maximum atomic E-state index is 13.1. The molecule has 3 aromatic rings. The molecule has 6 heteroatoms. The van der Waals surface area contributed by atoms with Crippen LogP contribution in [0.5, 0.6) is 5.75 Å². The van der Waals surface area contributed by atoms with Crippen LogP contribution >= 0.6 is 0 Å². The molecule has 0 bridgehead atoms. The molecule has 156 valence electrons. The molecule has 3 amide bonds. The third-order valence-corrected chi connectivity index (χ3v) is 5.32. The Morgan fingerprint density at radius 3 is 2.23 bits per heavy atom. The first-order chi connectivity index (χ1) is 15.1. The summed E-state index contributed by atoms with van der Waals surface area (Å²) >= 11 is 0. The van der Waals surface area contributed by atoms with Crippen LogP contribution in [0.1, 0.15) is 30.0 Å². The highest BCUT2D eigenvalue weighted by Gasteiger charge is 2.51. The van der Waals surface area contributed by atoms with Gasteiger partial charge in [-0.15, -0.1) is 5.01 Å². The number of hydrazone groups is 1. The standard InChI is InChI=1S/C25H23N3O3/c1-2-25(21-11-7-4-8-12-21)23(29)28(24(30)27-25)26-17-19-13-15-22(16-14-19)31-18-20-9-5-3-6-10-20/h3-17H,2,18H2,1H3,(H,27,30)/b26-17-/t25-/m0/s1. The maximum absolute atomic E-state index is 13.1. The van der Waals surface area contributed by atoms with E-state index in [9.17, 15) is 9.59 Å². The van der Waals surface area contributed by atoms with E-state index >= 15 is 0 Å². The second kappa shape index (κ2) is 8.83. The third kappa shape index (κ3) is 4.19. The lowest BCUT2D eigenvalue weighted by Crippen LogP contribution is -2.43. The molecular formula is C25H23N3O3. The van der Waals surface area contributed by atoms with Gasteiger partial charge in [-0.1, -0.05) is 67.6 Å². The van der Waals surface area contributed by atoms with E-state index in [1.807, 2.05) is 91.9 Å². The van der Waals surface area contributed by atoms with Crippen molar-refractivity contribution in [2.75, 3.05) is 0 Å². The van der Waals surface area contributed by atoms with Crippen molar-refractivity contribution in [3.63, 3.8) is 0 Å². The number of urea groups is 1. The normalized spacial score (nSPS) is 18.4. The maximum Gasteiger partial charge on any atom is 0.346 e. The number of hydrogen-bond donors (Lipinski definition) is 1. The van der Waals surface area contributed by atoms with E-state index in [1.54, 1.807) is 0 Å². The fourth-order valence-corrected chi connectivity index (χ4v) is 3.54. The Morgan fingerprint density at radius 2 is 1.58 bits per heavy atom. The number of benzene rings is 3. The van der Waals surface area contributed by atoms with Gasteiger partial charge in [-0.3, -0.25) is 4.79 Å². The average Bonchev–Trinajstić information content (AvgIpc) is 3.08. The van der Waals surface area contributed by atoms with Gasteiger partial charge in [0.15, 0.2) is 0 Å². The molecule has 1 heterocycles. The summed E-state index contributed by atoms with van der Waals surface area (Å²) in [7, 11) is 0. The topological polar surface area (TPSA) is 71.0 Å². The zero-order chi connectivity index (χ0) is 21.7. The van der Waals surface area contributed by atoms with Crippen LogP contribution in [0, 0.1) is 0 Å². The summed E-state index contributed by atoms with van der Waals surface area (Å²) in [5, 5.41) is 7.87. The highest BCUT2D eigenvalue weighted by molar-refractivity contribution is 6.07. The molecule has 1 aliphatic rings. The molecule has 0 radical (unpaired) electrons. The van der Waals surface area contributed by atoms with Gasteiger partial charge in [0.25, 0.3) is 5.91 Å². The van der Waals surface area contributed by atoms with Gasteiger partial charge < -0.3 is 10.1 Å². The third-order valence-electron chi connectivity index (χ3n) is 5.32. The average molecular weight is 413 g/mol. The smallest absolute Gasteiger partial charge is 0.346 e. The minimum atomic E-state index is -1.09. The monoisotopic (exact) mass is 413 g/mol. The van der Waals surface area contributed by atoms with Crippen LogP contribution in [0.2, 0.25) is 0 Å². The van der Waals surface area contributed by atoms with Gasteiger partial charge in [0.05, 0.1) is 6.21 Å². The molecule has 3 aromatic carbocycles. The Morgan fingerprint density at radius 1 is 0.935 bits per heavy atom. The molecule has 1 atom stereocenters. The van der Waals surface area contributed by atoms with Crippen molar-refractivity contribution >= 4 is 18.2 Å². The highest BCUT2D eigenvalue weighted by Crippen LogP contribution is 2.32. The van der Waals surface area contributed by atoms with Gasteiger partial charge in [-0.2, -0.15) is 5.10 Å². The van der Waals surface area contributed by atoms with Crippen LogP contribution in [0.25, 0.3) is 0 Å². The molecule has 0 aromatic heterocycles. The molecule has 31 heavy (non-hydrogen) atoms. The Kier molecular flexibility index (Phi) is 5.80. The summed E-state index contributed by atoms with van der Waals surface area (Å²) in [6.45, 7) is 2.35. The summed E-state index contributed by atoms with van der Waals surface area (Å²) in [4.78, 5) is 25.6. The number of nitrogens with one attached hydrogen (secondary N) is 1. The molecule has 0 unspecified atom stereocenters. The van der Waals surface area contributed by atoms with E-state index < -0.39 is 11.6 Å². The van der Waals surface area contributed by atoms with Gasteiger partial charge in [0.1, 0.15) is 17.9 Å². The first kappa shape index (κ1) is 20.3. The fourth-order valence-electron chi connectivity index (χ4n) is 3.54. The van der Waals surface area contributed by atoms with Crippen molar-refractivity contribution < 1.29 is 14.3 Å². The van der Waals surface area contributed by atoms with Crippen LogP contribution in [-0.4, -0.2) is 23.2 Å². The van der Waals surface area contributed by atoms with Gasteiger partial charge in [0.2, 0.25) is 0 Å². The summed E-state index contributed by atoms with van der Waals surface area (Å²) < 4.78 is 5.78. The second-order valence-electron chi connectivity index (χ2n) is 7.26. The van der Waals surface area contributed by atoms with Crippen molar-refractivity contribution in [1.29, 1.82) is 0 Å². The number of nitrogens with zero attached hydrogens (tertiary/aromatic N) is 2. The number of imide groups is 1. The molecule has 1 saturated heterocycles. The molecule has 6 nitrogen and oxygen atoms in total. The summed E-state index contributed by atoms with van der Waals surface area (Å²) in [6, 6.07) is 25.9. The lowest BCUT2D eigenvalue weighted by Gasteiger charge is -2.24. The zero-order valence-electron chi connectivity index (χ0n) is 17.2. The number of carbonyl (C=O) groups excluding carboxylic acids is 2. The molecule has 0 aliphatic carbocycles. The largest absolute Gasteiger partial charge is 0.489 e. The SMILES string of the molecule is CC[C@@]1(c2ccccc2)NC(=O)N(/N=C\c2ccc(OCc3ccccc3)cc2)C1=O. The number of hydrogen-bond acceptors (Lipinski definition) is 4. The number of amides is 3. The minimum Gasteiger partial charge on any atom is -0.489 e. The Labute approximate surface area is 181 Å². The van der Waals surface area contributed by atoms with Gasteiger partial charge in [0, 0.05) is 0 Å². The molecule has 0 saturated carbocycles. The number of ether oxygens (including phenoxy) is 1. The van der Waals surface area contributed by atoms with Crippen LogP contribution in [0.3, 0.4) is 0 Å². The van der Waals surface area contributed by atoms with Crippen LogP contribution < -0.4 is 10.1 Å². The first-order valence-electron chi connectivity index (χ1n) is 10.2. The molecule has 0 spiro atoms. The lowest BCUT2D eigenvalue weighted by atomic mass is 9.87. The highest BCUT2D eigenvalue weighted by atomic mass is 16.5.